The highest BCUT2D eigenvalue weighted by molar-refractivity contribution is 5.76. The van der Waals surface area contributed by atoms with E-state index < -0.39 is 0 Å². The van der Waals surface area contributed by atoms with Crippen molar-refractivity contribution in [2.45, 2.75) is 63.7 Å². The van der Waals surface area contributed by atoms with Crippen molar-refractivity contribution in [3.8, 4) is 0 Å². The summed E-state index contributed by atoms with van der Waals surface area (Å²) in [5.74, 6) is 2.04. The SMILES string of the molecule is CCC(=O)N1CCCC(c2nc(Nc3cccc(F)c3)cc(C3CCCC3)n2)C1. The smallest absolute Gasteiger partial charge is 0.222 e. The van der Waals surface area contributed by atoms with Crippen LogP contribution in [0, 0.1) is 5.82 Å². The van der Waals surface area contributed by atoms with E-state index in [1.165, 1.54) is 25.0 Å². The number of aromatic nitrogens is 2. The molecule has 2 aliphatic rings. The van der Waals surface area contributed by atoms with Gasteiger partial charge in [-0.1, -0.05) is 25.8 Å². The third kappa shape index (κ3) is 4.74. The van der Waals surface area contributed by atoms with E-state index in [1.54, 1.807) is 6.07 Å². The first-order chi connectivity index (χ1) is 14.1. The molecule has 4 rings (SSSR count). The van der Waals surface area contributed by atoms with Gasteiger partial charge in [0.05, 0.1) is 0 Å². The van der Waals surface area contributed by atoms with Crippen LogP contribution in [0.15, 0.2) is 30.3 Å². The van der Waals surface area contributed by atoms with E-state index >= 15 is 0 Å². The minimum atomic E-state index is -0.277. The second kappa shape index (κ2) is 8.89. The van der Waals surface area contributed by atoms with Crippen LogP contribution in [0.25, 0.3) is 0 Å². The highest BCUT2D eigenvalue weighted by atomic mass is 19.1. The Morgan fingerprint density at radius 2 is 1.93 bits per heavy atom. The monoisotopic (exact) mass is 396 g/mol. The number of anilines is 2. The van der Waals surface area contributed by atoms with Gasteiger partial charge in [-0.15, -0.1) is 0 Å². The summed E-state index contributed by atoms with van der Waals surface area (Å²) in [6.07, 6.45) is 7.27. The summed E-state index contributed by atoms with van der Waals surface area (Å²) in [5, 5.41) is 3.26. The van der Waals surface area contributed by atoms with Crippen molar-refractivity contribution in [2.75, 3.05) is 18.4 Å². The molecule has 1 saturated carbocycles. The molecule has 1 amide bonds. The van der Waals surface area contributed by atoms with E-state index in [2.05, 4.69) is 5.32 Å². The predicted molar refractivity (Wildman–Crippen MR) is 112 cm³/mol. The number of rotatable bonds is 5. The first-order valence-electron chi connectivity index (χ1n) is 10.8. The lowest BCUT2D eigenvalue weighted by Crippen LogP contribution is -2.39. The molecular formula is C23H29FN4O. The van der Waals surface area contributed by atoms with Gasteiger partial charge in [0, 0.05) is 48.8 Å². The Bertz CT molecular complexity index is 866. The zero-order valence-electron chi connectivity index (χ0n) is 17.0. The Labute approximate surface area is 171 Å². The topological polar surface area (TPSA) is 58.1 Å². The molecule has 0 bridgehead atoms. The molecule has 1 aromatic heterocycles. The van der Waals surface area contributed by atoms with Gasteiger partial charge in [-0.25, -0.2) is 14.4 Å². The summed E-state index contributed by atoms with van der Waals surface area (Å²) >= 11 is 0. The highest BCUT2D eigenvalue weighted by Crippen LogP contribution is 2.35. The predicted octanol–water partition coefficient (Wildman–Crippen LogP) is 5.13. The molecule has 1 aliphatic carbocycles. The van der Waals surface area contributed by atoms with Crippen LogP contribution in [0.1, 0.15) is 75.2 Å². The number of benzene rings is 1. The van der Waals surface area contributed by atoms with Gasteiger partial charge < -0.3 is 10.2 Å². The van der Waals surface area contributed by atoms with E-state index in [1.807, 2.05) is 24.0 Å². The van der Waals surface area contributed by atoms with Gasteiger partial charge in [-0.2, -0.15) is 0 Å². The van der Waals surface area contributed by atoms with Gasteiger partial charge in [0.2, 0.25) is 5.91 Å². The summed E-state index contributed by atoms with van der Waals surface area (Å²) in [4.78, 5) is 23.9. The number of hydrogen-bond acceptors (Lipinski definition) is 4. The Balaban J connectivity index is 1.63. The van der Waals surface area contributed by atoms with Gasteiger partial charge in [-0.3, -0.25) is 4.79 Å². The molecule has 1 unspecified atom stereocenters. The lowest BCUT2D eigenvalue weighted by Gasteiger charge is -2.32. The Morgan fingerprint density at radius 3 is 2.69 bits per heavy atom. The lowest BCUT2D eigenvalue weighted by atomic mass is 9.96. The number of hydrogen-bond donors (Lipinski definition) is 1. The molecule has 1 aromatic carbocycles. The van der Waals surface area contributed by atoms with Crippen LogP contribution >= 0.6 is 0 Å². The Kier molecular flexibility index (Phi) is 6.07. The molecule has 0 spiro atoms. The second-order valence-corrected chi connectivity index (χ2v) is 8.19. The largest absolute Gasteiger partial charge is 0.342 e. The Hall–Kier alpha value is -2.50. The van der Waals surface area contributed by atoms with Gasteiger partial charge in [0.1, 0.15) is 17.5 Å². The van der Waals surface area contributed by atoms with Crippen molar-refractivity contribution in [1.82, 2.24) is 14.9 Å². The van der Waals surface area contributed by atoms with Gasteiger partial charge in [0.25, 0.3) is 0 Å². The number of nitrogens with one attached hydrogen (secondary N) is 1. The van der Waals surface area contributed by atoms with Crippen molar-refractivity contribution in [1.29, 1.82) is 0 Å². The van der Waals surface area contributed by atoms with Crippen molar-refractivity contribution in [3.63, 3.8) is 0 Å². The number of carbonyl (C=O) groups excluding carboxylic acids is 1. The maximum absolute atomic E-state index is 13.6. The summed E-state index contributed by atoms with van der Waals surface area (Å²) in [6, 6.07) is 8.44. The minimum absolute atomic E-state index is 0.147. The van der Waals surface area contributed by atoms with Gasteiger partial charge in [-0.05, 0) is 43.9 Å². The van der Waals surface area contributed by atoms with Gasteiger partial charge >= 0.3 is 0 Å². The first kappa shape index (κ1) is 19.8. The van der Waals surface area contributed by atoms with E-state index in [0.29, 0.717) is 30.4 Å². The molecule has 2 aromatic rings. The zero-order chi connectivity index (χ0) is 20.2. The van der Waals surface area contributed by atoms with Crippen LogP contribution in [0.2, 0.25) is 0 Å². The summed E-state index contributed by atoms with van der Waals surface area (Å²) < 4.78 is 13.6. The summed E-state index contributed by atoms with van der Waals surface area (Å²) in [7, 11) is 0. The van der Waals surface area contributed by atoms with Crippen molar-refractivity contribution >= 4 is 17.4 Å². The highest BCUT2D eigenvalue weighted by Gasteiger charge is 2.28. The van der Waals surface area contributed by atoms with Crippen LogP contribution in [-0.4, -0.2) is 33.9 Å². The molecule has 1 atom stereocenters. The molecule has 1 aliphatic heterocycles. The molecular weight excluding hydrogens is 367 g/mol. The number of amides is 1. The van der Waals surface area contributed by atoms with Crippen LogP contribution in [0.5, 0.6) is 0 Å². The summed E-state index contributed by atoms with van der Waals surface area (Å²) in [6.45, 7) is 3.41. The number of carbonyl (C=O) groups is 1. The standard InChI is InChI=1S/C23H29FN4O/c1-2-22(29)28-12-6-9-17(15-28)23-26-20(16-7-3-4-8-16)14-21(27-23)25-19-11-5-10-18(24)13-19/h5,10-11,13-14,16-17H,2-4,6-9,12,15H2,1H3,(H,25,26,27). The molecule has 29 heavy (non-hydrogen) atoms. The third-order valence-corrected chi connectivity index (χ3v) is 6.08. The summed E-state index contributed by atoms with van der Waals surface area (Å²) in [5.41, 5.74) is 1.75. The fourth-order valence-corrected chi connectivity index (χ4v) is 4.51. The molecule has 154 valence electrons. The fourth-order valence-electron chi connectivity index (χ4n) is 4.51. The average Bonchev–Trinajstić information content (AvgIpc) is 3.28. The fraction of sp³-hybridized carbons (Fsp3) is 0.522. The van der Waals surface area contributed by atoms with Crippen LogP contribution < -0.4 is 5.32 Å². The molecule has 5 nitrogen and oxygen atoms in total. The van der Waals surface area contributed by atoms with E-state index in [4.69, 9.17) is 9.97 Å². The average molecular weight is 397 g/mol. The molecule has 1 saturated heterocycles. The quantitative estimate of drug-likeness (QED) is 0.761. The second-order valence-electron chi connectivity index (χ2n) is 8.19. The van der Waals surface area contributed by atoms with Crippen molar-refractivity contribution < 1.29 is 9.18 Å². The van der Waals surface area contributed by atoms with Crippen LogP contribution in [0.4, 0.5) is 15.9 Å². The molecule has 2 heterocycles. The lowest BCUT2D eigenvalue weighted by molar-refractivity contribution is -0.132. The number of likely N-dealkylation sites (tertiary alicyclic amines) is 1. The minimum Gasteiger partial charge on any atom is -0.342 e. The van der Waals surface area contributed by atoms with Crippen molar-refractivity contribution in [2.24, 2.45) is 0 Å². The molecule has 1 N–H and O–H groups in total. The van der Waals surface area contributed by atoms with Crippen LogP contribution in [0.3, 0.4) is 0 Å². The molecule has 2 fully saturated rings. The maximum Gasteiger partial charge on any atom is 0.222 e. The Morgan fingerprint density at radius 1 is 1.14 bits per heavy atom. The number of piperidine rings is 1. The van der Waals surface area contributed by atoms with E-state index in [9.17, 15) is 9.18 Å². The normalized spacial score (nSPS) is 20.1. The number of nitrogens with zero attached hydrogens (tertiary/aromatic N) is 3. The molecule has 0 radical (unpaired) electrons. The number of halogens is 1. The van der Waals surface area contributed by atoms with Crippen LogP contribution in [-0.2, 0) is 4.79 Å². The molecule has 6 heteroatoms. The maximum atomic E-state index is 13.6. The zero-order valence-corrected chi connectivity index (χ0v) is 17.0. The first-order valence-corrected chi connectivity index (χ1v) is 10.8. The van der Waals surface area contributed by atoms with E-state index in [-0.39, 0.29) is 17.6 Å². The third-order valence-electron chi connectivity index (χ3n) is 6.08. The van der Waals surface area contributed by atoms with Crippen molar-refractivity contribution in [3.05, 3.63) is 47.7 Å². The van der Waals surface area contributed by atoms with E-state index in [0.717, 1.165) is 43.7 Å². The van der Waals surface area contributed by atoms with Gasteiger partial charge in [0.15, 0.2) is 0 Å².